The third-order valence-electron chi connectivity index (χ3n) is 6.72. The summed E-state index contributed by atoms with van der Waals surface area (Å²) < 4.78 is 60.9. The first-order chi connectivity index (χ1) is 18.5. The number of aliphatic hydroxyl groups excluding tert-OH is 1. The van der Waals surface area contributed by atoms with Gasteiger partial charge in [-0.05, 0) is 49.6 Å². The molecular formula is C29H38F4N4O2. The van der Waals surface area contributed by atoms with Gasteiger partial charge in [0.25, 0.3) is 0 Å². The quantitative estimate of drug-likeness (QED) is 0.226. The fourth-order valence-electron chi connectivity index (χ4n) is 4.60. The van der Waals surface area contributed by atoms with Crippen LogP contribution in [0.2, 0.25) is 0 Å². The smallest absolute Gasteiger partial charge is 0.394 e. The van der Waals surface area contributed by atoms with Crippen molar-refractivity contribution in [2.24, 2.45) is 10.9 Å². The van der Waals surface area contributed by atoms with Gasteiger partial charge in [0, 0.05) is 37.9 Å². The predicted molar refractivity (Wildman–Crippen MR) is 147 cm³/mol. The Morgan fingerprint density at radius 1 is 1.13 bits per heavy atom. The number of rotatable bonds is 7. The maximum absolute atomic E-state index is 14.7. The van der Waals surface area contributed by atoms with Crippen LogP contribution in [-0.2, 0) is 0 Å². The molecule has 10 heteroatoms. The number of guanidine groups is 1. The van der Waals surface area contributed by atoms with E-state index in [0.717, 1.165) is 24.4 Å². The summed E-state index contributed by atoms with van der Waals surface area (Å²) in [7, 11) is 1.61. The molecule has 0 aliphatic carbocycles. The van der Waals surface area contributed by atoms with Gasteiger partial charge >= 0.3 is 6.18 Å². The summed E-state index contributed by atoms with van der Waals surface area (Å²) in [5.74, 6) is -1.49. The van der Waals surface area contributed by atoms with Crippen LogP contribution in [0, 0.1) is 5.92 Å². The van der Waals surface area contributed by atoms with Crippen molar-refractivity contribution < 1.29 is 27.4 Å². The summed E-state index contributed by atoms with van der Waals surface area (Å²) in [5.41, 5.74) is 1.74. The van der Waals surface area contributed by atoms with E-state index in [4.69, 9.17) is 4.74 Å². The van der Waals surface area contributed by atoms with Gasteiger partial charge in [-0.15, -0.1) is 0 Å². The number of benzene rings is 1. The second kappa shape index (κ2) is 13.1. The molecule has 1 unspecified atom stereocenters. The molecule has 0 spiro atoms. The highest BCUT2D eigenvalue weighted by Crippen LogP contribution is 2.34. The summed E-state index contributed by atoms with van der Waals surface area (Å²) in [4.78, 5) is 10.4. The lowest BCUT2D eigenvalue weighted by Gasteiger charge is -2.43. The molecule has 39 heavy (non-hydrogen) atoms. The molecule has 0 radical (unpaired) electrons. The summed E-state index contributed by atoms with van der Waals surface area (Å²) in [6, 6.07) is 7.72. The monoisotopic (exact) mass is 550 g/mol. The average Bonchev–Trinajstić information content (AvgIpc) is 2.91. The van der Waals surface area contributed by atoms with E-state index >= 15 is 0 Å². The Labute approximate surface area is 228 Å². The molecule has 1 saturated heterocycles. The van der Waals surface area contributed by atoms with E-state index in [1.807, 2.05) is 42.2 Å². The van der Waals surface area contributed by atoms with E-state index < -0.39 is 17.9 Å². The second-order valence-electron chi connectivity index (χ2n) is 9.57. The molecular weight excluding hydrogens is 512 g/mol. The van der Waals surface area contributed by atoms with Crippen molar-refractivity contribution in [3.8, 4) is 5.75 Å². The van der Waals surface area contributed by atoms with Crippen LogP contribution in [0.3, 0.4) is 0 Å². The van der Waals surface area contributed by atoms with Gasteiger partial charge in [0.1, 0.15) is 23.0 Å². The maximum atomic E-state index is 14.7. The van der Waals surface area contributed by atoms with Gasteiger partial charge in [0.2, 0.25) is 5.96 Å². The standard InChI is InChI=1S/C29H38F4N4O2/c1-6-9-22-19-37(25(26(38)10-7-2)17-20(3)29(31,32)33)28(34-27(22)21(4)30)36-15-13-35(14-16-36)23-11-8-12-24(18-23)39-5/h8-12,17-18,20,38H,6-7,13-16,19H2,1-5H3/b22-9-,25-17+,26-10+,27-21-. The van der Waals surface area contributed by atoms with E-state index in [1.165, 1.54) is 13.0 Å². The number of anilines is 1. The van der Waals surface area contributed by atoms with Crippen LogP contribution < -0.4 is 9.64 Å². The number of methoxy groups -OCH3 is 1. The molecule has 2 aliphatic heterocycles. The van der Waals surface area contributed by atoms with E-state index in [2.05, 4.69) is 9.89 Å². The number of hydrogen-bond acceptors (Lipinski definition) is 6. The Morgan fingerprint density at radius 2 is 1.79 bits per heavy atom. The number of ether oxygens (including phenoxy) is 1. The molecule has 0 aromatic heterocycles. The molecule has 1 atom stereocenters. The Balaban J connectivity index is 2.05. The lowest BCUT2D eigenvalue weighted by molar-refractivity contribution is -0.156. The van der Waals surface area contributed by atoms with Crippen LogP contribution in [0.1, 0.15) is 40.5 Å². The van der Waals surface area contributed by atoms with E-state index in [-0.39, 0.29) is 23.7 Å². The molecule has 1 N–H and O–H groups in total. The molecule has 3 rings (SSSR count). The van der Waals surface area contributed by atoms with Crippen LogP contribution in [-0.4, -0.2) is 66.9 Å². The van der Waals surface area contributed by atoms with Gasteiger partial charge in [-0.1, -0.05) is 32.9 Å². The molecule has 1 aromatic rings. The first kappa shape index (κ1) is 30.1. The molecule has 0 amide bonds. The summed E-state index contributed by atoms with van der Waals surface area (Å²) in [6.07, 6.45) is 0.842. The average molecular weight is 551 g/mol. The van der Waals surface area contributed by atoms with Crippen molar-refractivity contribution in [3.63, 3.8) is 0 Å². The molecule has 0 bridgehead atoms. The van der Waals surface area contributed by atoms with Gasteiger partial charge < -0.3 is 24.5 Å². The largest absolute Gasteiger partial charge is 0.506 e. The molecule has 2 heterocycles. The number of aliphatic hydroxyl groups is 1. The molecule has 0 saturated carbocycles. The number of allylic oxidation sites excluding steroid dienone is 4. The first-order valence-electron chi connectivity index (χ1n) is 13.2. The zero-order valence-corrected chi connectivity index (χ0v) is 23.2. The number of alkyl halides is 3. The SMILES string of the molecule is CC/C=C1/CN(C(=C/C(C)C(F)(F)F)/C(O)=C\CC)C(N2CCN(c3cccc(OC)c3)CC2)=N/C1=C(/C)F. The van der Waals surface area contributed by atoms with Crippen molar-refractivity contribution in [1.82, 2.24) is 9.80 Å². The van der Waals surface area contributed by atoms with Gasteiger partial charge in [-0.25, -0.2) is 9.38 Å². The lowest BCUT2D eigenvalue weighted by Crippen LogP contribution is -2.55. The second-order valence-corrected chi connectivity index (χ2v) is 9.57. The number of hydrogen-bond donors (Lipinski definition) is 1. The minimum atomic E-state index is -4.49. The van der Waals surface area contributed by atoms with Crippen LogP contribution >= 0.6 is 0 Å². The Hall–Kier alpha value is -3.43. The van der Waals surface area contributed by atoms with E-state index in [0.29, 0.717) is 50.6 Å². The van der Waals surface area contributed by atoms with Crippen molar-refractivity contribution in [2.75, 3.05) is 44.7 Å². The summed E-state index contributed by atoms with van der Waals surface area (Å²) in [6.45, 7) is 8.37. The molecule has 2 aliphatic rings. The summed E-state index contributed by atoms with van der Waals surface area (Å²) >= 11 is 0. The van der Waals surface area contributed by atoms with Crippen molar-refractivity contribution in [1.29, 1.82) is 0 Å². The van der Waals surface area contributed by atoms with Gasteiger partial charge in [0.15, 0.2) is 0 Å². The number of piperazine rings is 1. The normalized spacial score (nSPS) is 20.8. The molecule has 1 aromatic carbocycles. The fraction of sp³-hybridized carbons (Fsp3) is 0.483. The fourth-order valence-corrected chi connectivity index (χ4v) is 4.60. The third kappa shape index (κ3) is 7.36. The van der Waals surface area contributed by atoms with E-state index in [9.17, 15) is 22.7 Å². The lowest BCUT2D eigenvalue weighted by atomic mass is 10.0. The van der Waals surface area contributed by atoms with Crippen LogP contribution in [0.15, 0.2) is 76.0 Å². The van der Waals surface area contributed by atoms with Crippen LogP contribution in [0.4, 0.5) is 23.2 Å². The van der Waals surface area contributed by atoms with Crippen molar-refractivity contribution in [2.45, 2.75) is 46.7 Å². The first-order valence-corrected chi connectivity index (χ1v) is 13.2. The number of nitrogens with zero attached hydrogens (tertiary/aromatic N) is 4. The Kier molecular flexibility index (Phi) is 10.1. The number of halogens is 4. The zero-order valence-electron chi connectivity index (χ0n) is 23.2. The van der Waals surface area contributed by atoms with Gasteiger partial charge in [0.05, 0.1) is 25.3 Å². The molecule has 6 nitrogen and oxygen atoms in total. The highest BCUT2D eigenvalue weighted by atomic mass is 19.4. The topological polar surface area (TPSA) is 51.5 Å². The Morgan fingerprint density at radius 3 is 2.36 bits per heavy atom. The Bertz CT molecular complexity index is 1160. The number of aliphatic imine (C=N–C) groups is 1. The van der Waals surface area contributed by atoms with Crippen LogP contribution in [0.25, 0.3) is 0 Å². The van der Waals surface area contributed by atoms with Gasteiger partial charge in [-0.2, -0.15) is 13.2 Å². The molecule has 1 fully saturated rings. The van der Waals surface area contributed by atoms with Crippen molar-refractivity contribution in [3.05, 3.63) is 71.0 Å². The van der Waals surface area contributed by atoms with Crippen molar-refractivity contribution >= 4 is 11.6 Å². The summed E-state index contributed by atoms with van der Waals surface area (Å²) in [5, 5.41) is 10.9. The van der Waals surface area contributed by atoms with Gasteiger partial charge in [-0.3, -0.25) is 0 Å². The predicted octanol–water partition coefficient (Wildman–Crippen LogP) is 6.96. The zero-order chi connectivity index (χ0) is 28.7. The third-order valence-corrected chi connectivity index (χ3v) is 6.72. The minimum Gasteiger partial charge on any atom is -0.506 e. The highest BCUT2D eigenvalue weighted by molar-refractivity contribution is 5.86. The minimum absolute atomic E-state index is 0.00761. The van der Waals surface area contributed by atoms with Crippen LogP contribution in [0.5, 0.6) is 5.75 Å². The van der Waals surface area contributed by atoms with E-state index in [1.54, 1.807) is 18.9 Å². The maximum Gasteiger partial charge on any atom is 0.394 e. The highest BCUT2D eigenvalue weighted by Gasteiger charge is 2.38. The molecule has 214 valence electrons.